The molecule has 2 fully saturated rings. The van der Waals surface area contributed by atoms with Gasteiger partial charge >= 0.3 is 5.97 Å². The first-order valence-corrected chi connectivity index (χ1v) is 9.68. The van der Waals surface area contributed by atoms with Gasteiger partial charge in [-0.15, -0.1) is 11.3 Å². The smallest absolute Gasteiger partial charge is 0.324 e. The van der Waals surface area contributed by atoms with Gasteiger partial charge in [0.15, 0.2) is 0 Å². The Hall–Kier alpha value is -2.22. The van der Waals surface area contributed by atoms with E-state index in [4.69, 9.17) is 11.6 Å². The minimum atomic E-state index is -1.52. The van der Waals surface area contributed by atoms with Crippen molar-refractivity contribution in [2.75, 3.05) is 0 Å². The van der Waals surface area contributed by atoms with Gasteiger partial charge in [0.1, 0.15) is 5.54 Å². The third-order valence-corrected chi connectivity index (χ3v) is 6.72. The zero-order valence-electron chi connectivity index (χ0n) is 14.4. The summed E-state index contributed by atoms with van der Waals surface area (Å²) in [7, 11) is 0. The third kappa shape index (κ3) is 2.77. The first kappa shape index (κ1) is 18.2. The molecule has 4 unspecified atom stereocenters. The number of hydrogen-bond donors (Lipinski definition) is 2. The molecule has 0 radical (unpaired) electrons. The first-order valence-electron chi connectivity index (χ1n) is 8.48. The monoisotopic (exact) mass is 404 g/mol. The maximum Gasteiger partial charge on any atom is 0.324 e. The quantitative estimate of drug-likeness (QED) is 0.765. The lowest BCUT2D eigenvalue weighted by Gasteiger charge is -2.27. The molecule has 140 valence electrons. The zero-order chi connectivity index (χ0) is 19.3. The Kier molecular flexibility index (Phi) is 4.33. The average molecular weight is 405 g/mol. The van der Waals surface area contributed by atoms with Crippen LogP contribution in [0.2, 0.25) is 4.34 Å². The summed E-state index contributed by atoms with van der Waals surface area (Å²) < 4.78 is 0.546. The van der Waals surface area contributed by atoms with Crippen LogP contribution in [0, 0.1) is 11.8 Å². The average Bonchev–Trinajstić information content (AvgIpc) is 3.27. The van der Waals surface area contributed by atoms with E-state index in [-0.39, 0.29) is 12.5 Å². The molecule has 2 aliphatic heterocycles. The molecule has 27 heavy (non-hydrogen) atoms. The maximum absolute atomic E-state index is 13.1. The SMILES string of the molecule is CC1(C(=O)O)NC(c2ccc(Cl)s2)C2C(=O)N(Cc3ccccc3)C(=O)C21. The molecule has 1 aromatic carbocycles. The van der Waals surface area contributed by atoms with E-state index in [0.29, 0.717) is 4.34 Å². The molecule has 3 heterocycles. The molecule has 4 rings (SSSR count). The van der Waals surface area contributed by atoms with E-state index >= 15 is 0 Å². The molecule has 0 aliphatic carbocycles. The highest BCUT2D eigenvalue weighted by Crippen LogP contribution is 2.50. The summed E-state index contributed by atoms with van der Waals surface area (Å²) in [5, 5.41) is 12.8. The van der Waals surface area contributed by atoms with Gasteiger partial charge in [-0.05, 0) is 24.6 Å². The van der Waals surface area contributed by atoms with E-state index in [0.717, 1.165) is 10.4 Å². The summed E-state index contributed by atoms with van der Waals surface area (Å²) in [5.41, 5.74) is -0.704. The molecule has 6 nitrogen and oxygen atoms in total. The number of carbonyl (C=O) groups excluding carboxylic acids is 2. The van der Waals surface area contributed by atoms with Crippen LogP contribution in [-0.4, -0.2) is 33.3 Å². The number of likely N-dealkylation sites (tertiary alicyclic amines) is 1. The Balaban J connectivity index is 1.74. The van der Waals surface area contributed by atoms with Crippen LogP contribution in [0.1, 0.15) is 23.4 Å². The van der Waals surface area contributed by atoms with E-state index < -0.39 is 35.3 Å². The summed E-state index contributed by atoms with van der Waals surface area (Å²) >= 11 is 7.31. The van der Waals surface area contributed by atoms with Gasteiger partial charge in [-0.1, -0.05) is 41.9 Å². The second kappa shape index (κ2) is 6.44. The number of nitrogens with one attached hydrogen (secondary N) is 1. The molecular weight excluding hydrogens is 388 g/mol. The van der Waals surface area contributed by atoms with Crippen molar-refractivity contribution >= 4 is 40.7 Å². The number of hydrogen-bond acceptors (Lipinski definition) is 5. The summed E-state index contributed by atoms with van der Waals surface area (Å²) in [4.78, 5) is 40.2. The van der Waals surface area contributed by atoms with Crippen LogP contribution in [0.15, 0.2) is 42.5 Å². The lowest BCUT2D eigenvalue weighted by molar-refractivity contribution is -0.150. The Morgan fingerprint density at radius 1 is 1.22 bits per heavy atom. The van der Waals surface area contributed by atoms with Gasteiger partial charge in [-0.3, -0.25) is 24.6 Å². The van der Waals surface area contributed by atoms with Crippen molar-refractivity contribution in [3.63, 3.8) is 0 Å². The standard InChI is InChI=1S/C19H17ClN2O4S/c1-19(18(25)26)14-13(15(21-19)11-7-8-12(20)27-11)16(23)22(17(14)24)9-10-5-3-2-4-6-10/h2-8,13-15,21H,9H2,1H3,(H,25,26). The molecule has 0 bridgehead atoms. The van der Waals surface area contributed by atoms with Gasteiger partial charge in [0, 0.05) is 4.88 Å². The number of carboxylic acid groups (broad SMARTS) is 1. The van der Waals surface area contributed by atoms with Gasteiger partial charge in [-0.2, -0.15) is 0 Å². The lowest BCUT2D eigenvalue weighted by Crippen LogP contribution is -2.53. The molecule has 2 N–H and O–H groups in total. The first-order chi connectivity index (χ1) is 12.8. The van der Waals surface area contributed by atoms with E-state index in [9.17, 15) is 19.5 Å². The Bertz CT molecular complexity index is 931. The fourth-order valence-corrected chi connectivity index (χ4v) is 5.22. The number of imide groups is 1. The molecule has 8 heteroatoms. The predicted octanol–water partition coefficient (Wildman–Crippen LogP) is 2.69. The number of amides is 2. The van der Waals surface area contributed by atoms with Crippen LogP contribution in [-0.2, 0) is 20.9 Å². The van der Waals surface area contributed by atoms with E-state index in [2.05, 4.69) is 5.32 Å². The number of benzene rings is 1. The Morgan fingerprint density at radius 3 is 2.52 bits per heavy atom. The molecular formula is C19H17ClN2O4S. The summed E-state index contributed by atoms with van der Waals surface area (Å²) in [5.74, 6) is -3.67. The van der Waals surface area contributed by atoms with Crippen molar-refractivity contribution in [1.29, 1.82) is 0 Å². The van der Waals surface area contributed by atoms with Crippen LogP contribution in [0.4, 0.5) is 0 Å². The number of nitrogens with zero attached hydrogens (tertiary/aromatic N) is 1. The molecule has 2 amide bonds. The van der Waals surface area contributed by atoms with Crippen molar-refractivity contribution < 1.29 is 19.5 Å². The zero-order valence-corrected chi connectivity index (χ0v) is 16.0. The molecule has 2 saturated heterocycles. The van der Waals surface area contributed by atoms with Gasteiger partial charge in [0.25, 0.3) is 0 Å². The van der Waals surface area contributed by atoms with Gasteiger partial charge in [-0.25, -0.2) is 0 Å². The molecule has 0 spiro atoms. The van der Waals surface area contributed by atoms with E-state index in [1.807, 2.05) is 30.3 Å². The molecule has 0 saturated carbocycles. The lowest BCUT2D eigenvalue weighted by atomic mass is 9.81. The molecule has 4 atom stereocenters. The number of halogens is 1. The van der Waals surface area contributed by atoms with Gasteiger partial charge in [0.2, 0.25) is 11.8 Å². The van der Waals surface area contributed by atoms with Crippen LogP contribution < -0.4 is 5.32 Å². The fourth-order valence-electron chi connectivity index (χ4n) is 4.06. The highest BCUT2D eigenvalue weighted by atomic mass is 35.5. The normalized spacial score (nSPS) is 30.0. The van der Waals surface area contributed by atoms with Gasteiger partial charge in [0.05, 0.1) is 28.8 Å². The summed E-state index contributed by atoms with van der Waals surface area (Å²) in [6, 6.07) is 12.1. The largest absolute Gasteiger partial charge is 0.480 e. The summed E-state index contributed by atoms with van der Waals surface area (Å²) in [6.45, 7) is 1.61. The van der Waals surface area contributed by atoms with Crippen molar-refractivity contribution in [3.8, 4) is 0 Å². The molecule has 2 aromatic rings. The van der Waals surface area contributed by atoms with E-state index in [1.54, 1.807) is 12.1 Å². The topological polar surface area (TPSA) is 86.7 Å². The Labute approximate surface area is 164 Å². The minimum Gasteiger partial charge on any atom is -0.480 e. The van der Waals surface area contributed by atoms with E-state index in [1.165, 1.54) is 23.2 Å². The highest BCUT2D eigenvalue weighted by Gasteiger charge is 2.66. The number of thiophene rings is 1. The molecule has 2 aliphatic rings. The minimum absolute atomic E-state index is 0.138. The van der Waals surface area contributed by atoms with Crippen LogP contribution in [0.5, 0.6) is 0 Å². The second-order valence-electron chi connectivity index (χ2n) is 7.02. The maximum atomic E-state index is 13.1. The van der Waals surface area contributed by atoms with Crippen molar-refractivity contribution in [2.45, 2.75) is 25.0 Å². The van der Waals surface area contributed by atoms with Crippen molar-refractivity contribution in [1.82, 2.24) is 10.2 Å². The molecule has 1 aromatic heterocycles. The van der Waals surface area contributed by atoms with Crippen LogP contribution in [0.25, 0.3) is 0 Å². The number of rotatable bonds is 4. The van der Waals surface area contributed by atoms with Crippen molar-refractivity contribution in [2.24, 2.45) is 11.8 Å². The predicted molar refractivity (Wildman–Crippen MR) is 100 cm³/mol. The number of carbonyl (C=O) groups is 3. The number of fused-ring (bicyclic) bond motifs is 1. The second-order valence-corrected chi connectivity index (χ2v) is 8.77. The number of aliphatic carboxylic acids is 1. The van der Waals surface area contributed by atoms with Crippen molar-refractivity contribution in [3.05, 3.63) is 57.2 Å². The van der Waals surface area contributed by atoms with Crippen LogP contribution >= 0.6 is 22.9 Å². The highest BCUT2D eigenvalue weighted by molar-refractivity contribution is 7.16. The Morgan fingerprint density at radius 2 is 1.93 bits per heavy atom. The number of carboxylic acids is 1. The summed E-state index contributed by atoms with van der Waals surface area (Å²) in [6.07, 6.45) is 0. The van der Waals surface area contributed by atoms with Crippen LogP contribution in [0.3, 0.4) is 0 Å². The fraction of sp³-hybridized carbons (Fsp3) is 0.316. The third-order valence-electron chi connectivity index (χ3n) is 5.41. The van der Waals surface area contributed by atoms with Gasteiger partial charge < -0.3 is 5.11 Å².